The molecular weight excluding hydrogens is 536 g/mol. The van der Waals surface area contributed by atoms with E-state index in [0.717, 1.165) is 81.9 Å². The summed E-state index contributed by atoms with van der Waals surface area (Å²) in [6, 6.07) is 2.57. The fourth-order valence-corrected chi connectivity index (χ4v) is 6.41. The second-order valence-corrected chi connectivity index (χ2v) is 13.6. The van der Waals surface area contributed by atoms with Gasteiger partial charge in [-0.25, -0.2) is 9.48 Å². The summed E-state index contributed by atoms with van der Waals surface area (Å²) in [6.07, 6.45) is 5.16. The number of hydrogen-bond donors (Lipinski definition) is 0. The number of amides is 1. The van der Waals surface area contributed by atoms with Crippen molar-refractivity contribution in [3.8, 4) is 6.07 Å². The molecule has 9 nitrogen and oxygen atoms in total. The van der Waals surface area contributed by atoms with E-state index in [2.05, 4.69) is 52.7 Å². The van der Waals surface area contributed by atoms with E-state index in [1.807, 2.05) is 25.5 Å². The van der Waals surface area contributed by atoms with E-state index in [4.69, 9.17) is 14.6 Å². The molecule has 1 aromatic heterocycles. The van der Waals surface area contributed by atoms with Crippen molar-refractivity contribution < 1.29 is 14.3 Å². The molecular formula is C27H43BrN6O3. The van der Waals surface area contributed by atoms with Gasteiger partial charge in [0.15, 0.2) is 11.5 Å². The van der Waals surface area contributed by atoms with Crippen LogP contribution >= 0.6 is 15.9 Å². The summed E-state index contributed by atoms with van der Waals surface area (Å²) in [5.41, 5.74) is 0.325. The number of nitrogens with zero attached hydrogens (tertiary/aromatic N) is 6. The van der Waals surface area contributed by atoms with Crippen LogP contribution in [0.2, 0.25) is 0 Å². The Balaban J connectivity index is 0.000000396. The minimum atomic E-state index is -0.469. The highest BCUT2D eigenvalue weighted by molar-refractivity contribution is 9.10. The van der Waals surface area contributed by atoms with Crippen molar-refractivity contribution in [3.63, 3.8) is 0 Å². The van der Waals surface area contributed by atoms with Gasteiger partial charge in [0.1, 0.15) is 11.7 Å². The lowest BCUT2D eigenvalue weighted by Gasteiger charge is -2.58. The van der Waals surface area contributed by atoms with Crippen LogP contribution in [-0.2, 0) is 9.47 Å². The van der Waals surface area contributed by atoms with E-state index in [1.54, 1.807) is 4.90 Å². The van der Waals surface area contributed by atoms with Crippen molar-refractivity contribution in [1.29, 1.82) is 5.26 Å². The standard InChI is InChI=1S/C22H32BrN5O2.C5H11NO/c1-20(2,3)30-19(29)26-13-22(14-26)10-15(11-22)28-16(12-24)17(23)18(25-28)27-9-7-6-8-21(27,4)5;1-6-2-4-7-5-3-6/h15H,6-11,13-14H2,1-5H3;2-5H2,1H3. The van der Waals surface area contributed by atoms with E-state index in [1.165, 1.54) is 6.42 Å². The molecule has 37 heavy (non-hydrogen) atoms. The number of likely N-dealkylation sites (tertiary alicyclic amines) is 1. The normalized spacial score (nSPS) is 23.4. The highest BCUT2D eigenvalue weighted by Crippen LogP contribution is 2.55. The maximum atomic E-state index is 12.2. The lowest BCUT2D eigenvalue weighted by atomic mass is 9.61. The van der Waals surface area contributed by atoms with Crippen molar-refractivity contribution in [2.75, 3.05) is 57.9 Å². The van der Waals surface area contributed by atoms with Gasteiger partial charge in [-0.1, -0.05) is 0 Å². The molecule has 3 saturated heterocycles. The summed E-state index contributed by atoms with van der Waals surface area (Å²) < 4.78 is 13.3. The third kappa shape index (κ3) is 6.26. The van der Waals surface area contributed by atoms with Gasteiger partial charge in [0.2, 0.25) is 0 Å². The van der Waals surface area contributed by atoms with Gasteiger partial charge in [0.05, 0.1) is 23.7 Å². The molecule has 1 aliphatic carbocycles. The number of hydrogen-bond acceptors (Lipinski definition) is 7. The predicted octanol–water partition coefficient (Wildman–Crippen LogP) is 4.81. The van der Waals surface area contributed by atoms with Crippen molar-refractivity contribution in [2.24, 2.45) is 5.41 Å². The van der Waals surface area contributed by atoms with Crippen LogP contribution in [0.3, 0.4) is 0 Å². The molecule has 4 aliphatic rings. The number of aromatic nitrogens is 2. The number of carbonyl (C=O) groups is 1. The highest BCUT2D eigenvalue weighted by atomic mass is 79.9. The molecule has 0 radical (unpaired) electrons. The molecule has 3 aliphatic heterocycles. The molecule has 0 N–H and O–H groups in total. The predicted molar refractivity (Wildman–Crippen MR) is 147 cm³/mol. The first-order valence-electron chi connectivity index (χ1n) is 13.5. The number of morpholine rings is 1. The van der Waals surface area contributed by atoms with Gasteiger partial charge in [-0.2, -0.15) is 10.4 Å². The molecule has 0 atom stereocenters. The SMILES string of the molecule is CC(C)(C)OC(=O)N1CC2(CC(n3nc(N4CCCCC4(C)C)c(Br)c3C#N)C2)C1.CN1CCOCC1. The third-order valence-electron chi connectivity index (χ3n) is 7.97. The summed E-state index contributed by atoms with van der Waals surface area (Å²) in [4.78, 5) is 18.6. The molecule has 1 amide bonds. The Kier molecular flexibility index (Phi) is 8.18. The first-order valence-corrected chi connectivity index (χ1v) is 14.3. The fraction of sp³-hybridized carbons (Fsp3) is 0.815. The van der Waals surface area contributed by atoms with Gasteiger partial charge in [0, 0.05) is 43.7 Å². The van der Waals surface area contributed by atoms with Crippen LogP contribution < -0.4 is 4.90 Å². The first kappa shape index (κ1) is 28.2. The van der Waals surface area contributed by atoms with E-state index < -0.39 is 5.60 Å². The fourth-order valence-electron chi connectivity index (χ4n) is 5.84. The summed E-state index contributed by atoms with van der Waals surface area (Å²) in [7, 11) is 2.11. The number of anilines is 1. The summed E-state index contributed by atoms with van der Waals surface area (Å²) in [5, 5.41) is 14.7. The summed E-state index contributed by atoms with van der Waals surface area (Å²) in [6.45, 7) is 16.6. The van der Waals surface area contributed by atoms with Crippen molar-refractivity contribution >= 4 is 27.8 Å². The van der Waals surface area contributed by atoms with Crippen LogP contribution in [0.25, 0.3) is 0 Å². The molecule has 4 heterocycles. The summed E-state index contributed by atoms with van der Waals surface area (Å²) in [5.74, 6) is 0.890. The Labute approximate surface area is 230 Å². The largest absolute Gasteiger partial charge is 0.444 e. The quantitative estimate of drug-likeness (QED) is 0.497. The third-order valence-corrected chi connectivity index (χ3v) is 8.70. The topological polar surface area (TPSA) is 86.9 Å². The van der Waals surface area contributed by atoms with Crippen LogP contribution in [0.1, 0.15) is 78.5 Å². The number of rotatable bonds is 2. The Morgan fingerprint density at radius 2 is 1.81 bits per heavy atom. The van der Waals surface area contributed by atoms with E-state index in [9.17, 15) is 10.1 Å². The van der Waals surface area contributed by atoms with Gasteiger partial charge in [0.25, 0.3) is 0 Å². The Morgan fingerprint density at radius 3 is 2.32 bits per heavy atom. The highest BCUT2D eigenvalue weighted by Gasteiger charge is 2.56. The van der Waals surface area contributed by atoms with Crippen LogP contribution in [0.15, 0.2) is 4.47 Å². The first-order chi connectivity index (χ1) is 17.3. The van der Waals surface area contributed by atoms with Crippen LogP contribution in [-0.4, -0.2) is 89.8 Å². The Morgan fingerprint density at radius 1 is 1.16 bits per heavy atom. The maximum absolute atomic E-state index is 12.2. The van der Waals surface area contributed by atoms with Crippen LogP contribution in [0.4, 0.5) is 10.6 Å². The van der Waals surface area contributed by atoms with Crippen molar-refractivity contribution in [3.05, 3.63) is 10.2 Å². The smallest absolute Gasteiger partial charge is 0.410 e. The van der Waals surface area contributed by atoms with Gasteiger partial charge >= 0.3 is 6.09 Å². The minimum absolute atomic E-state index is 0.0371. The number of nitriles is 1. The molecule has 5 rings (SSSR count). The number of piperidine rings is 1. The molecule has 1 aromatic rings. The average Bonchev–Trinajstić information content (AvgIpc) is 3.07. The van der Waals surface area contributed by atoms with Gasteiger partial charge in [-0.05, 0) is 89.7 Å². The number of halogens is 1. The minimum Gasteiger partial charge on any atom is -0.444 e. The van der Waals surface area contributed by atoms with Crippen LogP contribution in [0, 0.1) is 16.7 Å². The van der Waals surface area contributed by atoms with Crippen molar-refractivity contribution in [2.45, 2.75) is 83.9 Å². The van der Waals surface area contributed by atoms with E-state index >= 15 is 0 Å². The van der Waals surface area contributed by atoms with E-state index in [0.29, 0.717) is 5.69 Å². The zero-order valence-electron chi connectivity index (χ0n) is 23.3. The van der Waals surface area contributed by atoms with Gasteiger partial charge < -0.3 is 24.2 Å². The Hall–Kier alpha value is -1.83. The van der Waals surface area contributed by atoms with Crippen LogP contribution in [0.5, 0.6) is 0 Å². The van der Waals surface area contributed by atoms with E-state index in [-0.39, 0.29) is 23.1 Å². The maximum Gasteiger partial charge on any atom is 0.410 e. The molecule has 10 heteroatoms. The monoisotopic (exact) mass is 578 g/mol. The Bertz CT molecular complexity index is 1010. The molecule has 4 fully saturated rings. The molecule has 1 spiro atoms. The zero-order chi connectivity index (χ0) is 27.0. The van der Waals surface area contributed by atoms with Crippen molar-refractivity contribution in [1.82, 2.24) is 19.6 Å². The van der Waals surface area contributed by atoms with Gasteiger partial charge in [-0.15, -0.1) is 0 Å². The number of likely N-dealkylation sites (N-methyl/N-ethyl adjacent to an activating group) is 1. The molecule has 0 aromatic carbocycles. The summed E-state index contributed by atoms with van der Waals surface area (Å²) >= 11 is 3.67. The lowest BCUT2D eigenvalue weighted by Crippen LogP contribution is -2.64. The number of carbonyl (C=O) groups excluding carboxylic acids is 1. The molecule has 0 unspecified atom stereocenters. The zero-order valence-corrected chi connectivity index (χ0v) is 24.9. The number of ether oxygens (including phenoxy) is 2. The average molecular weight is 580 g/mol. The second kappa shape index (κ2) is 10.7. The lowest BCUT2D eigenvalue weighted by molar-refractivity contribution is -0.0929. The van der Waals surface area contributed by atoms with Gasteiger partial charge in [-0.3, -0.25) is 0 Å². The molecule has 206 valence electrons. The second-order valence-electron chi connectivity index (χ2n) is 12.8. The molecule has 0 bridgehead atoms. The molecule has 1 saturated carbocycles.